The van der Waals surface area contributed by atoms with Gasteiger partial charge in [0.15, 0.2) is 0 Å². The number of ketones is 1. The average Bonchev–Trinajstić information content (AvgIpc) is 3.14. The molecule has 34 heavy (non-hydrogen) atoms. The van der Waals surface area contributed by atoms with Crippen LogP contribution in [0, 0.1) is 44.8 Å². The lowest BCUT2D eigenvalue weighted by Crippen LogP contribution is -2.76. The van der Waals surface area contributed by atoms with Crippen LogP contribution >= 0.6 is 0 Å². The Hall–Kier alpha value is -2.18. The lowest BCUT2D eigenvalue weighted by Gasteiger charge is -2.70. The zero-order valence-corrected chi connectivity index (χ0v) is 20.9. The molecular weight excluding hydrogens is 436 g/mol. The quantitative estimate of drug-likeness (QED) is 0.428. The number of carbonyl (C=O) groups excluding carboxylic acids is 4. The number of allylic oxidation sites excluding steroid dienone is 1. The van der Waals surface area contributed by atoms with Crippen molar-refractivity contribution >= 4 is 23.7 Å². The summed E-state index contributed by atoms with van der Waals surface area (Å²) in [5.41, 5.74) is -3.83. The molecule has 1 unspecified atom stereocenters. The van der Waals surface area contributed by atoms with Crippen LogP contribution in [0.1, 0.15) is 67.2 Å². The molecule has 7 nitrogen and oxygen atoms in total. The number of hydrogen-bond donors (Lipinski definition) is 0. The molecule has 2 heterocycles. The van der Waals surface area contributed by atoms with Crippen molar-refractivity contribution in [2.24, 2.45) is 44.8 Å². The van der Waals surface area contributed by atoms with Crippen LogP contribution in [0.2, 0.25) is 0 Å². The number of fused-ring (bicyclic) bond motifs is 2. The fourth-order valence-corrected chi connectivity index (χ4v) is 10.7. The van der Waals surface area contributed by atoms with Gasteiger partial charge in [-0.05, 0) is 63.2 Å². The zero-order chi connectivity index (χ0) is 24.7. The van der Waals surface area contributed by atoms with Crippen LogP contribution in [0.15, 0.2) is 12.2 Å². The molecule has 4 bridgehead atoms. The van der Waals surface area contributed by atoms with Crippen LogP contribution in [-0.2, 0) is 33.4 Å². The Morgan fingerprint density at radius 1 is 1.09 bits per heavy atom. The maximum atomic E-state index is 14.3. The van der Waals surface area contributed by atoms with E-state index in [1.165, 1.54) is 6.92 Å². The van der Waals surface area contributed by atoms with Gasteiger partial charge in [0.25, 0.3) is 0 Å². The molecule has 6 fully saturated rings. The van der Waals surface area contributed by atoms with E-state index < -0.39 is 45.3 Å². The van der Waals surface area contributed by atoms with E-state index in [0.717, 1.165) is 12.8 Å². The summed E-state index contributed by atoms with van der Waals surface area (Å²) in [6.45, 7) is 11.6. The minimum Gasteiger partial charge on any atom is -0.465 e. The highest BCUT2D eigenvalue weighted by atomic mass is 16.6. The molecule has 5 saturated carbocycles. The van der Waals surface area contributed by atoms with Gasteiger partial charge >= 0.3 is 17.9 Å². The van der Waals surface area contributed by atoms with Crippen molar-refractivity contribution in [3.05, 3.63) is 12.2 Å². The minimum atomic E-state index is -0.954. The fraction of sp³-hybridized carbons (Fsp3) is 0.778. The molecule has 0 aromatic rings. The van der Waals surface area contributed by atoms with E-state index in [2.05, 4.69) is 6.92 Å². The lowest BCUT2D eigenvalue weighted by molar-refractivity contribution is -0.255. The van der Waals surface area contributed by atoms with Gasteiger partial charge in [0.05, 0.1) is 12.0 Å². The summed E-state index contributed by atoms with van der Waals surface area (Å²) in [5.74, 6) is -1.58. The normalized spacial score (nSPS) is 53.9. The Morgan fingerprint density at radius 2 is 1.79 bits per heavy atom. The van der Waals surface area contributed by atoms with E-state index in [-0.39, 0.29) is 41.6 Å². The van der Waals surface area contributed by atoms with E-state index in [1.54, 1.807) is 6.08 Å². The summed E-state index contributed by atoms with van der Waals surface area (Å²) < 4.78 is 17.4. The molecule has 5 aliphatic carbocycles. The van der Waals surface area contributed by atoms with Crippen molar-refractivity contribution in [1.82, 2.24) is 0 Å². The van der Waals surface area contributed by atoms with Gasteiger partial charge in [0.1, 0.15) is 23.4 Å². The van der Waals surface area contributed by atoms with Crippen LogP contribution in [0.25, 0.3) is 0 Å². The summed E-state index contributed by atoms with van der Waals surface area (Å²) in [6.07, 6.45) is 5.61. The highest BCUT2D eigenvalue weighted by Crippen LogP contribution is 2.87. The minimum absolute atomic E-state index is 0.0647. The van der Waals surface area contributed by atoms with Crippen molar-refractivity contribution in [3.63, 3.8) is 0 Å². The zero-order valence-electron chi connectivity index (χ0n) is 20.9. The second-order valence-electron chi connectivity index (χ2n) is 13.1. The van der Waals surface area contributed by atoms with Gasteiger partial charge in [-0.3, -0.25) is 14.4 Å². The van der Waals surface area contributed by atoms with Crippen molar-refractivity contribution in [2.75, 3.05) is 6.61 Å². The molecule has 184 valence electrons. The topological polar surface area (TPSA) is 96.0 Å². The van der Waals surface area contributed by atoms with Crippen molar-refractivity contribution < 1.29 is 33.4 Å². The van der Waals surface area contributed by atoms with Gasteiger partial charge in [-0.15, -0.1) is 0 Å². The second kappa shape index (κ2) is 5.96. The number of ether oxygens (including phenoxy) is 3. The van der Waals surface area contributed by atoms with Crippen LogP contribution in [0.4, 0.5) is 0 Å². The van der Waals surface area contributed by atoms with Gasteiger partial charge < -0.3 is 14.2 Å². The molecule has 7 rings (SSSR count). The number of hydrogen-bond acceptors (Lipinski definition) is 7. The Morgan fingerprint density at radius 3 is 2.47 bits per heavy atom. The SMILES string of the molecule is CC(=O)O[C@@H]1[C@@H]2C(=O)OC[C@@]23[C@]24CCC5C(C)(C)OC(=O)C=C[C@]5(C)[C@@H]2C[C@@]3(C)C(=O)[C@@]1(C)C4. The molecule has 1 saturated heterocycles. The molecule has 7 aliphatic rings. The number of cyclic esters (lactones) is 2. The van der Waals surface area contributed by atoms with Gasteiger partial charge in [-0.1, -0.05) is 19.9 Å². The third-order valence-corrected chi connectivity index (χ3v) is 11.5. The monoisotopic (exact) mass is 470 g/mol. The Labute approximate surface area is 199 Å². The highest BCUT2D eigenvalue weighted by molar-refractivity contribution is 5.98. The van der Waals surface area contributed by atoms with Gasteiger partial charge in [0.2, 0.25) is 0 Å². The third-order valence-electron chi connectivity index (χ3n) is 11.5. The van der Waals surface area contributed by atoms with Crippen LogP contribution < -0.4 is 0 Å². The first-order valence-corrected chi connectivity index (χ1v) is 12.5. The number of rotatable bonds is 1. The van der Waals surface area contributed by atoms with Gasteiger partial charge in [-0.2, -0.15) is 0 Å². The average molecular weight is 471 g/mol. The lowest BCUT2D eigenvalue weighted by atomic mass is 9.31. The highest BCUT2D eigenvalue weighted by Gasteiger charge is 2.90. The molecule has 2 aliphatic heterocycles. The smallest absolute Gasteiger partial charge is 0.330 e. The fourth-order valence-electron chi connectivity index (χ4n) is 10.7. The van der Waals surface area contributed by atoms with Crippen molar-refractivity contribution in [2.45, 2.75) is 78.9 Å². The molecule has 0 aromatic heterocycles. The first-order valence-electron chi connectivity index (χ1n) is 12.5. The number of Topliss-reactive ketones (excluding diaryl/α,β-unsaturated/α-hetero) is 1. The first-order chi connectivity index (χ1) is 15.7. The molecule has 0 radical (unpaired) electrons. The van der Waals surface area contributed by atoms with E-state index in [0.29, 0.717) is 12.8 Å². The maximum Gasteiger partial charge on any atom is 0.330 e. The van der Waals surface area contributed by atoms with Crippen LogP contribution in [-0.4, -0.2) is 42.0 Å². The summed E-state index contributed by atoms with van der Waals surface area (Å²) in [6, 6.07) is 0. The van der Waals surface area contributed by atoms with E-state index in [1.807, 2.05) is 33.8 Å². The molecular formula is C27H34O7. The van der Waals surface area contributed by atoms with Crippen molar-refractivity contribution in [1.29, 1.82) is 0 Å². The molecule has 0 aromatic carbocycles. The van der Waals surface area contributed by atoms with Gasteiger partial charge in [-0.25, -0.2) is 4.79 Å². The number of esters is 3. The van der Waals surface area contributed by atoms with Crippen LogP contribution in [0.3, 0.4) is 0 Å². The summed E-state index contributed by atoms with van der Waals surface area (Å²) in [4.78, 5) is 52.2. The van der Waals surface area contributed by atoms with E-state index >= 15 is 0 Å². The Bertz CT molecular complexity index is 1090. The summed E-state index contributed by atoms with van der Waals surface area (Å²) in [7, 11) is 0. The van der Waals surface area contributed by atoms with E-state index in [4.69, 9.17) is 14.2 Å². The summed E-state index contributed by atoms with van der Waals surface area (Å²) >= 11 is 0. The Kier molecular flexibility index (Phi) is 3.91. The molecule has 2 spiro atoms. The first kappa shape index (κ1) is 22.3. The maximum absolute atomic E-state index is 14.3. The van der Waals surface area contributed by atoms with Gasteiger partial charge in [0, 0.05) is 29.7 Å². The molecule has 9 atom stereocenters. The molecule has 0 amide bonds. The Balaban J connectivity index is 1.60. The van der Waals surface area contributed by atoms with Crippen molar-refractivity contribution in [3.8, 4) is 0 Å². The largest absolute Gasteiger partial charge is 0.465 e. The third kappa shape index (κ3) is 2.05. The second-order valence-corrected chi connectivity index (χ2v) is 13.1. The molecule has 0 N–H and O–H groups in total. The van der Waals surface area contributed by atoms with Crippen LogP contribution in [0.5, 0.6) is 0 Å². The molecule has 7 heteroatoms. The van der Waals surface area contributed by atoms with E-state index in [9.17, 15) is 19.2 Å². The predicted molar refractivity (Wildman–Crippen MR) is 119 cm³/mol. The standard InChI is InChI=1S/C27H34O7/c1-14(28)33-19-18-20(30)32-13-27(18)25(6)11-16-23(4)9-8-17(29)34-22(2,3)15(23)7-10-26(16,27)12-24(19,5)21(25)31/h8-9,15-16,18-19H,7,10-13H2,1-6H3/t15?,16-,18+,19+,23-,24-,25-,26-,27+/m0/s1. The summed E-state index contributed by atoms with van der Waals surface area (Å²) in [5, 5.41) is 0. The number of carbonyl (C=O) groups is 4. The predicted octanol–water partition coefficient (Wildman–Crippen LogP) is 3.39.